The van der Waals surface area contributed by atoms with E-state index < -0.39 is 0 Å². The van der Waals surface area contributed by atoms with Crippen molar-refractivity contribution in [2.75, 3.05) is 20.1 Å². The highest BCUT2D eigenvalue weighted by atomic mass is 127. The van der Waals surface area contributed by atoms with Crippen LogP contribution >= 0.6 is 24.0 Å². The molecule has 1 aromatic heterocycles. The molecule has 1 atom stereocenters. The van der Waals surface area contributed by atoms with Gasteiger partial charge in [-0.1, -0.05) is 49.6 Å². The summed E-state index contributed by atoms with van der Waals surface area (Å²) in [5.41, 5.74) is 2.12. The number of aromatic amines is 1. The molecule has 1 unspecified atom stereocenters. The molecule has 0 radical (unpaired) electrons. The number of amides is 1. The summed E-state index contributed by atoms with van der Waals surface area (Å²) in [7, 11) is 1.77. The van der Waals surface area contributed by atoms with Crippen LogP contribution in [0, 0.1) is 5.92 Å². The number of carbonyl (C=O) groups excluding carboxylic acids is 1. The number of rotatable bonds is 5. The molecule has 0 spiro atoms. The molecule has 2 aliphatic rings. The molecular weight excluding hydrogens is 503 g/mol. The number of benzene rings is 1. The first-order valence-corrected chi connectivity index (χ1v) is 11.1. The Kier molecular flexibility index (Phi) is 8.74. The van der Waals surface area contributed by atoms with Crippen LogP contribution in [0.4, 0.5) is 0 Å². The first-order valence-electron chi connectivity index (χ1n) is 11.1. The number of hydrogen-bond acceptors (Lipinski definition) is 3. The van der Waals surface area contributed by atoms with Crippen molar-refractivity contribution in [2.45, 2.75) is 51.1 Å². The Morgan fingerprint density at radius 3 is 2.71 bits per heavy atom. The second-order valence-electron chi connectivity index (χ2n) is 8.28. The number of aliphatic imine (C=N–C) groups is 1. The lowest BCUT2D eigenvalue weighted by Crippen LogP contribution is -2.45. The van der Waals surface area contributed by atoms with Crippen molar-refractivity contribution in [1.82, 2.24) is 25.5 Å². The van der Waals surface area contributed by atoms with Crippen LogP contribution in [0.3, 0.4) is 0 Å². The third-order valence-electron chi connectivity index (χ3n) is 6.16. The zero-order valence-electron chi connectivity index (χ0n) is 18.1. The smallest absolute Gasteiger partial charge is 0.225 e. The molecule has 1 aliphatic heterocycles. The number of guanidine groups is 1. The predicted molar refractivity (Wildman–Crippen MR) is 134 cm³/mol. The highest BCUT2D eigenvalue weighted by molar-refractivity contribution is 14.0. The molecule has 0 bridgehead atoms. The van der Waals surface area contributed by atoms with Crippen molar-refractivity contribution in [1.29, 1.82) is 0 Å². The van der Waals surface area contributed by atoms with Crippen LogP contribution in [0.5, 0.6) is 0 Å². The van der Waals surface area contributed by atoms with E-state index >= 15 is 0 Å². The molecular formula is C23H33IN6O. The monoisotopic (exact) mass is 536 g/mol. The van der Waals surface area contributed by atoms with Gasteiger partial charge in [0.05, 0.1) is 18.4 Å². The van der Waals surface area contributed by atoms with Gasteiger partial charge in [-0.25, -0.2) is 4.98 Å². The summed E-state index contributed by atoms with van der Waals surface area (Å²) in [6.45, 7) is 2.15. The van der Waals surface area contributed by atoms with Gasteiger partial charge in [0.2, 0.25) is 5.91 Å². The van der Waals surface area contributed by atoms with Crippen LogP contribution in [0.1, 0.15) is 44.3 Å². The topological polar surface area (TPSA) is 85.4 Å². The second-order valence-corrected chi connectivity index (χ2v) is 8.28. The van der Waals surface area contributed by atoms with Crippen LogP contribution in [-0.2, 0) is 11.3 Å². The molecule has 2 fully saturated rings. The number of nitrogens with one attached hydrogen (secondary N) is 3. The van der Waals surface area contributed by atoms with E-state index in [2.05, 4.69) is 37.7 Å². The largest absolute Gasteiger partial charge is 0.352 e. The molecule has 31 heavy (non-hydrogen) atoms. The Hall–Kier alpha value is -2.10. The lowest BCUT2D eigenvalue weighted by Gasteiger charge is -2.26. The van der Waals surface area contributed by atoms with Crippen LogP contribution in [0.15, 0.2) is 41.5 Å². The molecule has 1 aromatic carbocycles. The van der Waals surface area contributed by atoms with E-state index in [1.54, 1.807) is 7.05 Å². The van der Waals surface area contributed by atoms with Gasteiger partial charge in [-0.2, -0.15) is 0 Å². The standard InChI is InChI=1S/C23H32N6O.HI/c1-24-23(26-15-21-25-14-20(28-21)17-8-4-2-5-9-17)27-19-12-13-29(16-19)22(30)18-10-6-3-7-11-18;/h2,4-5,8-9,14,18-19H,3,6-7,10-13,15-16H2,1H3,(H,25,28)(H2,24,26,27);1H. The number of nitrogens with zero attached hydrogens (tertiary/aromatic N) is 3. The maximum atomic E-state index is 12.8. The lowest BCUT2D eigenvalue weighted by molar-refractivity contribution is -0.135. The average Bonchev–Trinajstić information content (AvgIpc) is 3.47. The number of carbonyl (C=O) groups is 1. The van der Waals surface area contributed by atoms with Crippen molar-refractivity contribution in [3.8, 4) is 11.3 Å². The van der Waals surface area contributed by atoms with Gasteiger partial charge >= 0.3 is 0 Å². The molecule has 2 aromatic rings. The van der Waals surface area contributed by atoms with Gasteiger partial charge in [0.25, 0.3) is 0 Å². The summed E-state index contributed by atoms with van der Waals surface area (Å²) in [4.78, 5) is 27.0. The zero-order valence-corrected chi connectivity index (χ0v) is 20.5. The summed E-state index contributed by atoms with van der Waals surface area (Å²) >= 11 is 0. The van der Waals surface area contributed by atoms with Crippen LogP contribution < -0.4 is 10.6 Å². The highest BCUT2D eigenvalue weighted by Gasteiger charge is 2.31. The normalized spacial score (nSPS) is 19.7. The van der Waals surface area contributed by atoms with Crippen LogP contribution in [-0.4, -0.2) is 52.9 Å². The molecule has 8 heteroatoms. The van der Waals surface area contributed by atoms with Crippen LogP contribution in [0.2, 0.25) is 0 Å². The van der Waals surface area contributed by atoms with Gasteiger partial charge in [-0.05, 0) is 24.8 Å². The molecule has 7 nitrogen and oxygen atoms in total. The van der Waals surface area contributed by atoms with E-state index in [-0.39, 0.29) is 35.9 Å². The van der Waals surface area contributed by atoms with Crippen molar-refractivity contribution in [3.63, 3.8) is 0 Å². The Morgan fingerprint density at radius 2 is 1.97 bits per heavy atom. The van der Waals surface area contributed by atoms with Gasteiger partial charge in [0.15, 0.2) is 5.96 Å². The number of imidazole rings is 1. The molecule has 1 amide bonds. The maximum absolute atomic E-state index is 12.8. The van der Waals surface area contributed by atoms with E-state index in [4.69, 9.17) is 0 Å². The van der Waals surface area contributed by atoms with E-state index in [1.807, 2.05) is 29.3 Å². The van der Waals surface area contributed by atoms with Crippen LogP contribution in [0.25, 0.3) is 11.3 Å². The van der Waals surface area contributed by atoms with E-state index in [1.165, 1.54) is 19.3 Å². The number of aromatic nitrogens is 2. The summed E-state index contributed by atoms with van der Waals surface area (Å²) < 4.78 is 0. The Balaban J connectivity index is 0.00000272. The fraction of sp³-hybridized carbons (Fsp3) is 0.522. The Morgan fingerprint density at radius 1 is 1.19 bits per heavy atom. The average molecular weight is 536 g/mol. The van der Waals surface area contributed by atoms with Gasteiger partial charge in [-0.15, -0.1) is 24.0 Å². The molecule has 1 saturated carbocycles. The number of H-pyrrole nitrogens is 1. The minimum Gasteiger partial charge on any atom is -0.352 e. The predicted octanol–water partition coefficient (Wildman–Crippen LogP) is 3.54. The van der Waals surface area contributed by atoms with E-state index in [9.17, 15) is 4.79 Å². The summed E-state index contributed by atoms with van der Waals surface area (Å²) in [6, 6.07) is 10.4. The van der Waals surface area contributed by atoms with E-state index in [0.29, 0.717) is 12.5 Å². The van der Waals surface area contributed by atoms with Gasteiger partial charge in [0.1, 0.15) is 5.82 Å². The quantitative estimate of drug-likeness (QED) is 0.310. The fourth-order valence-electron chi connectivity index (χ4n) is 4.46. The maximum Gasteiger partial charge on any atom is 0.225 e. The molecule has 2 heterocycles. The molecule has 3 N–H and O–H groups in total. The van der Waals surface area contributed by atoms with Crippen molar-refractivity contribution in [3.05, 3.63) is 42.4 Å². The third kappa shape index (κ3) is 6.21. The van der Waals surface area contributed by atoms with Gasteiger partial charge in [0, 0.05) is 32.1 Å². The van der Waals surface area contributed by atoms with E-state index in [0.717, 1.165) is 55.4 Å². The van der Waals surface area contributed by atoms with Crippen molar-refractivity contribution in [2.24, 2.45) is 10.9 Å². The SMILES string of the molecule is CN=C(NCc1ncc(-c2ccccc2)[nH]1)NC1CCN(C(=O)C2CCCCC2)C1.I. The summed E-state index contributed by atoms with van der Waals surface area (Å²) in [6.07, 6.45) is 8.60. The highest BCUT2D eigenvalue weighted by Crippen LogP contribution is 2.26. The first-order chi connectivity index (χ1) is 14.7. The first kappa shape index (κ1) is 23.6. The minimum absolute atomic E-state index is 0. The number of halogens is 1. The zero-order chi connectivity index (χ0) is 20.8. The molecule has 1 saturated heterocycles. The fourth-order valence-corrected chi connectivity index (χ4v) is 4.46. The van der Waals surface area contributed by atoms with Gasteiger partial charge in [-0.3, -0.25) is 9.79 Å². The minimum atomic E-state index is 0. The number of hydrogen-bond donors (Lipinski definition) is 3. The second kappa shape index (κ2) is 11.5. The Bertz CT molecular complexity index is 862. The molecule has 1 aliphatic carbocycles. The van der Waals surface area contributed by atoms with Crippen molar-refractivity contribution < 1.29 is 4.79 Å². The lowest BCUT2D eigenvalue weighted by atomic mass is 9.88. The summed E-state index contributed by atoms with van der Waals surface area (Å²) in [5, 5.41) is 6.79. The third-order valence-corrected chi connectivity index (χ3v) is 6.16. The van der Waals surface area contributed by atoms with Gasteiger partial charge < -0.3 is 20.5 Å². The number of likely N-dealkylation sites (tertiary alicyclic amines) is 1. The molecule has 4 rings (SSSR count). The Labute approximate surface area is 201 Å². The summed E-state index contributed by atoms with van der Waals surface area (Å²) in [5.74, 6) is 2.20. The van der Waals surface area contributed by atoms with Crippen molar-refractivity contribution >= 4 is 35.8 Å². The molecule has 168 valence electrons.